The van der Waals surface area contributed by atoms with Gasteiger partial charge in [-0.1, -0.05) is 25.4 Å². The molecule has 7 nitrogen and oxygen atoms in total. The van der Waals surface area contributed by atoms with Gasteiger partial charge in [0.05, 0.1) is 17.0 Å². The molecule has 1 aliphatic rings. The summed E-state index contributed by atoms with van der Waals surface area (Å²) in [6.45, 7) is 6.63. The molecular weight excluding hydrogens is 436 g/mol. The van der Waals surface area contributed by atoms with Gasteiger partial charge in [-0.05, 0) is 48.6 Å². The Labute approximate surface area is 192 Å². The van der Waals surface area contributed by atoms with Crippen molar-refractivity contribution in [2.75, 3.05) is 36.4 Å². The lowest BCUT2D eigenvalue weighted by Crippen LogP contribution is -2.50. The number of amides is 2. The van der Waals surface area contributed by atoms with Crippen LogP contribution in [0.25, 0.3) is 6.08 Å². The number of benzene rings is 1. The summed E-state index contributed by atoms with van der Waals surface area (Å²) < 4.78 is 5.13. The summed E-state index contributed by atoms with van der Waals surface area (Å²) in [7, 11) is 0. The fourth-order valence-electron chi connectivity index (χ4n) is 3.23. The van der Waals surface area contributed by atoms with Crippen LogP contribution in [0.2, 0.25) is 5.02 Å². The summed E-state index contributed by atoms with van der Waals surface area (Å²) in [6.07, 6.45) is 4.42. The van der Waals surface area contributed by atoms with Gasteiger partial charge in [0.2, 0.25) is 11.8 Å². The highest BCUT2D eigenvalue weighted by Gasteiger charge is 2.24. The minimum absolute atomic E-state index is 0.00505. The van der Waals surface area contributed by atoms with E-state index in [2.05, 4.69) is 15.5 Å². The average Bonchev–Trinajstić information content (AvgIpc) is 3.25. The molecular formula is C22H25ClN4O3S. The number of hydrogen-bond acceptors (Lipinski definition) is 5. The van der Waals surface area contributed by atoms with Gasteiger partial charge in [-0.15, -0.1) is 0 Å². The van der Waals surface area contributed by atoms with Gasteiger partial charge in [-0.2, -0.15) is 0 Å². The second-order valence-corrected chi connectivity index (χ2v) is 8.24. The normalized spacial score (nSPS) is 14.2. The van der Waals surface area contributed by atoms with Crippen LogP contribution in [0.3, 0.4) is 0 Å². The van der Waals surface area contributed by atoms with Crippen LogP contribution in [0.4, 0.5) is 11.4 Å². The molecule has 0 unspecified atom stereocenters. The highest BCUT2D eigenvalue weighted by molar-refractivity contribution is 7.80. The molecule has 2 heterocycles. The van der Waals surface area contributed by atoms with Crippen molar-refractivity contribution in [2.45, 2.75) is 13.8 Å². The van der Waals surface area contributed by atoms with Crippen molar-refractivity contribution in [2.24, 2.45) is 5.92 Å². The van der Waals surface area contributed by atoms with Gasteiger partial charge in [0.25, 0.3) is 0 Å². The van der Waals surface area contributed by atoms with Crippen molar-refractivity contribution in [1.82, 2.24) is 10.2 Å². The van der Waals surface area contributed by atoms with Gasteiger partial charge in [0, 0.05) is 43.9 Å². The molecule has 1 saturated heterocycles. The maximum absolute atomic E-state index is 12.2. The van der Waals surface area contributed by atoms with Crippen LogP contribution in [0.5, 0.6) is 0 Å². The molecule has 2 amide bonds. The van der Waals surface area contributed by atoms with Gasteiger partial charge < -0.3 is 19.5 Å². The first-order valence-corrected chi connectivity index (χ1v) is 10.8. The minimum Gasteiger partial charge on any atom is -0.465 e. The molecule has 3 rings (SSSR count). The molecule has 164 valence electrons. The van der Waals surface area contributed by atoms with E-state index in [4.69, 9.17) is 28.2 Å². The SMILES string of the molecule is CC(C)C(=O)N1CCN(c2ccc(NC(=S)NC(=O)/C=C\c3ccco3)cc2Cl)CC1. The highest BCUT2D eigenvalue weighted by Crippen LogP contribution is 2.29. The summed E-state index contributed by atoms with van der Waals surface area (Å²) in [5, 5.41) is 6.27. The number of nitrogens with one attached hydrogen (secondary N) is 2. The number of carbonyl (C=O) groups excluding carboxylic acids is 2. The van der Waals surface area contributed by atoms with Crippen LogP contribution < -0.4 is 15.5 Å². The zero-order valence-corrected chi connectivity index (χ0v) is 19.0. The Morgan fingerprint density at radius 2 is 1.94 bits per heavy atom. The van der Waals surface area contributed by atoms with Crippen molar-refractivity contribution in [3.63, 3.8) is 0 Å². The van der Waals surface area contributed by atoms with Crippen LogP contribution in [0.15, 0.2) is 47.1 Å². The smallest absolute Gasteiger partial charge is 0.250 e. The molecule has 2 aromatic rings. The molecule has 1 fully saturated rings. The second-order valence-electron chi connectivity index (χ2n) is 7.43. The maximum atomic E-state index is 12.2. The van der Waals surface area contributed by atoms with E-state index in [0.29, 0.717) is 29.6 Å². The highest BCUT2D eigenvalue weighted by atomic mass is 35.5. The standard InChI is InChI=1S/C22H25ClN4O3S/c1-15(2)21(29)27-11-9-26(10-12-27)19-7-5-16(14-18(19)23)24-22(31)25-20(28)8-6-17-4-3-13-30-17/h3-8,13-15H,9-12H2,1-2H3,(H2,24,25,28,31)/b8-6-. The Morgan fingerprint density at radius 3 is 2.55 bits per heavy atom. The molecule has 31 heavy (non-hydrogen) atoms. The van der Waals surface area contributed by atoms with E-state index in [0.717, 1.165) is 18.8 Å². The van der Waals surface area contributed by atoms with Crippen molar-refractivity contribution >= 4 is 58.2 Å². The van der Waals surface area contributed by atoms with E-state index in [1.807, 2.05) is 30.9 Å². The Balaban J connectivity index is 1.53. The molecule has 9 heteroatoms. The largest absolute Gasteiger partial charge is 0.465 e. The summed E-state index contributed by atoms with van der Waals surface area (Å²) in [4.78, 5) is 28.2. The van der Waals surface area contributed by atoms with Crippen LogP contribution in [0, 0.1) is 5.92 Å². The lowest BCUT2D eigenvalue weighted by molar-refractivity contribution is -0.134. The van der Waals surface area contributed by atoms with Crippen molar-refractivity contribution in [3.05, 3.63) is 53.5 Å². The summed E-state index contributed by atoms with van der Waals surface area (Å²) in [6, 6.07) is 9.00. The van der Waals surface area contributed by atoms with Crippen LogP contribution in [-0.4, -0.2) is 48.0 Å². The zero-order chi connectivity index (χ0) is 22.4. The van der Waals surface area contributed by atoms with Gasteiger partial charge >= 0.3 is 0 Å². The van der Waals surface area contributed by atoms with Gasteiger partial charge in [-0.25, -0.2) is 0 Å². The Kier molecular flexibility index (Phi) is 7.70. The molecule has 1 aliphatic heterocycles. The van der Waals surface area contributed by atoms with Gasteiger partial charge in [0.1, 0.15) is 5.76 Å². The maximum Gasteiger partial charge on any atom is 0.250 e. The Morgan fingerprint density at radius 1 is 1.19 bits per heavy atom. The van der Waals surface area contributed by atoms with Crippen molar-refractivity contribution in [3.8, 4) is 0 Å². The molecule has 2 N–H and O–H groups in total. The number of carbonyl (C=O) groups is 2. The number of piperazine rings is 1. The first-order valence-electron chi connectivity index (χ1n) is 10.0. The fourth-order valence-corrected chi connectivity index (χ4v) is 3.75. The Bertz CT molecular complexity index is 967. The van der Waals surface area contributed by atoms with E-state index < -0.39 is 0 Å². The van der Waals surface area contributed by atoms with Crippen LogP contribution in [-0.2, 0) is 9.59 Å². The molecule has 0 atom stereocenters. The number of furan rings is 1. The van der Waals surface area contributed by atoms with Crippen LogP contribution in [0.1, 0.15) is 19.6 Å². The Hall–Kier alpha value is -2.84. The number of halogens is 1. The molecule has 1 aromatic heterocycles. The number of hydrogen-bond donors (Lipinski definition) is 2. The predicted octanol–water partition coefficient (Wildman–Crippen LogP) is 3.76. The van der Waals surface area contributed by atoms with Gasteiger partial charge in [0.15, 0.2) is 5.11 Å². The minimum atomic E-state index is -0.370. The lowest BCUT2D eigenvalue weighted by Gasteiger charge is -2.37. The molecule has 1 aromatic carbocycles. The third-order valence-corrected chi connectivity index (χ3v) is 5.32. The molecule has 0 saturated carbocycles. The lowest BCUT2D eigenvalue weighted by atomic mass is 10.1. The van der Waals surface area contributed by atoms with Crippen molar-refractivity contribution in [1.29, 1.82) is 0 Å². The number of nitrogens with zero attached hydrogens (tertiary/aromatic N) is 2. The third-order valence-electron chi connectivity index (χ3n) is 4.81. The fraction of sp³-hybridized carbons (Fsp3) is 0.318. The van der Waals surface area contributed by atoms with Crippen molar-refractivity contribution < 1.29 is 14.0 Å². The van der Waals surface area contributed by atoms with Gasteiger partial charge in [-0.3, -0.25) is 14.9 Å². The van der Waals surface area contributed by atoms with E-state index >= 15 is 0 Å². The number of anilines is 2. The van der Waals surface area contributed by atoms with E-state index in [-0.39, 0.29) is 22.8 Å². The third kappa shape index (κ3) is 6.32. The summed E-state index contributed by atoms with van der Waals surface area (Å²) >= 11 is 11.7. The van der Waals surface area contributed by atoms with Crippen LogP contribution >= 0.6 is 23.8 Å². The molecule has 0 spiro atoms. The van der Waals surface area contributed by atoms with E-state index in [1.54, 1.807) is 24.3 Å². The topological polar surface area (TPSA) is 77.8 Å². The first kappa shape index (κ1) is 22.8. The predicted molar refractivity (Wildman–Crippen MR) is 127 cm³/mol. The number of thiocarbonyl (C=S) groups is 1. The molecule has 0 aliphatic carbocycles. The van der Waals surface area contributed by atoms with E-state index in [1.165, 1.54) is 12.3 Å². The first-order chi connectivity index (χ1) is 14.8. The zero-order valence-electron chi connectivity index (χ0n) is 17.4. The number of rotatable bonds is 5. The average molecular weight is 461 g/mol. The summed E-state index contributed by atoms with van der Waals surface area (Å²) in [5.41, 5.74) is 1.57. The quantitative estimate of drug-likeness (QED) is 0.522. The van der Waals surface area contributed by atoms with E-state index in [9.17, 15) is 9.59 Å². The summed E-state index contributed by atoms with van der Waals surface area (Å²) in [5.74, 6) is 0.390. The molecule has 0 bridgehead atoms. The molecule has 0 radical (unpaired) electrons. The monoisotopic (exact) mass is 460 g/mol. The second kappa shape index (κ2) is 10.5.